The first-order valence-electron chi connectivity index (χ1n) is 13.8. The van der Waals surface area contributed by atoms with Crippen LogP contribution in [0.25, 0.3) is 0 Å². The molecular formula is C28H49N3O9. The highest BCUT2D eigenvalue weighted by molar-refractivity contribution is 5.92. The SMILES string of the molecule is CC(C)C[C@@H](OC(=O)[C@@H](C)C(C)C)C(=O)N[C@@H](C(=O)O[C@@H](C)C(=O)N[C@H](C(=O)O[C@H](C)C(N)=O)C(C)C)C(C)C. The minimum absolute atomic E-state index is 0.0185. The molecule has 0 saturated heterocycles. The summed E-state index contributed by atoms with van der Waals surface area (Å²) in [4.78, 5) is 75.1. The summed E-state index contributed by atoms with van der Waals surface area (Å²) < 4.78 is 15.8. The standard InChI is InChI=1S/C28H49N3O9/c1-13(2)12-20(40-26(35)17(9)14(3)4)25(34)31-22(16(7)8)28(37)39-19(11)24(33)30-21(15(5)6)27(36)38-18(10)23(29)32/h13-22H,12H2,1-11H3,(H2,29,32)(H,30,33)(H,31,34)/t17-,18+,19-,20+,21-,22+/m0/s1. The number of carbonyl (C=O) groups excluding carboxylic acids is 6. The number of nitrogens with one attached hydrogen (secondary N) is 2. The third kappa shape index (κ3) is 12.3. The molecule has 0 aromatic heterocycles. The molecule has 40 heavy (non-hydrogen) atoms. The molecule has 0 heterocycles. The van der Waals surface area contributed by atoms with Crippen LogP contribution in [0.1, 0.15) is 82.6 Å². The molecule has 3 amide bonds. The largest absolute Gasteiger partial charge is 0.452 e. The van der Waals surface area contributed by atoms with Crippen molar-refractivity contribution in [2.75, 3.05) is 0 Å². The van der Waals surface area contributed by atoms with Crippen molar-refractivity contribution in [3.63, 3.8) is 0 Å². The summed E-state index contributed by atoms with van der Waals surface area (Å²) in [6, 6.07) is -2.27. The molecule has 12 nitrogen and oxygen atoms in total. The van der Waals surface area contributed by atoms with Gasteiger partial charge in [0, 0.05) is 0 Å². The Bertz CT molecular complexity index is 901. The number of ether oxygens (including phenoxy) is 3. The van der Waals surface area contributed by atoms with E-state index in [1.807, 2.05) is 27.7 Å². The summed E-state index contributed by atoms with van der Waals surface area (Å²) in [6.45, 7) is 18.5. The lowest BCUT2D eigenvalue weighted by Crippen LogP contribution is -2.53. The third-order valence-electron chi connectivity index (χ3n) is 6.40. The topological polar surface area (TPSA) is 180 Å². The number of primary amides is 1. The van der Waals surface area contributed by atoms with Crippen molar-refractivity contribution in [3.05, 3.63) is 0 Å². The molecule has 0 aliphatic heterocycles. The first kappa shape index (κ1) is 36.8. The molecule has 0 bridgehead atoms. The molecule has 0 saturated carbocycles. The monoisotopic (exact) mass is 571 g/mol. The number of esters is 3. The molecule has 6 atom stereocenters. The molecule has 230 valence electrons. The van der Waals surface area contributed by atoms with E-state index in [-0.39, 0.29) is 18.3 Å². The summed E-state index contributed by atoms with van der Waals surface area (Å²) in [5.74, 6) is -5.72. The van der Waals surface area contributed by atoms with Gasteiger partial charge >= 0.3 is 17.9 Å². The quantitative estimate of drug-likeness (QED) is 0.184. The zero-order valence-corrected chi connectivity index (χ0v) is 25.7. The Labute approximate surface area is 237 Å². The van der Waals surface area contributed by atoms with Gasteiger partial charge in [-0.15, -0.1) is 0 Å². The maximum atomic E-state index is 13.1. The van der Waals surface area contributed by atoms with E-state index in [1.165, 1.54) is 13.8 Å². The van der Waals surface area contributed by atoms with Crippen molar-refractivity contribution in [1.29, 1.82) is 0 Å². The molecule has 0 aliphatic rings. The maximum Gasteiger partial charge on any atom is 0.329 e. The van der Waals surface area contributed by atoms with E-state index in [2.05, 4.69) is 10.6 Å². The van der Waals surface area contributed by atoms with Crippen LogP contribution in [0, 0.1) is 29.6 Å². The third-order valence-corrected chi connectivity index (χ3v) is 6.40. The normalized spacial score (nSPS) is 16.0. The zero-order chi connectivity index (χ0) is 31.5. The van der Waals surface area contributed by atoms with E-state index in [4.69, 9.17) is 19.9 Å². The number of hydrogen-bond donors (Lipinski definition) is 3. The van der Waals surface area contributed by atoms with Crippen molar-refractivity contribution in [2.24, 2.45) is 35.3 Å². The van der Waals surface area contributed by atoms with Gasteiger partial charge in [-0.1, -0.05) is 62.3 Å². The fraction of sp³-hybridized carbons (Fsp3) is 0.786. The lowest BCUT2D eigenvalue weighted by Gasteiger charge is -2.27. The van der Waals surface area contributed by atoms with E-state index in [9.17, 15) is 28.8 Å². The second-order valence-corrected chi connectivity index (χ2v) is 11.6. The first-order valence-corrected chi connectivity index (χ1v) is 13.8. The van der Waals surface area contributed by atoms with Gasteiger partial charge in [-0.25, -0.2) is 9.59 Å². The molecule has 12 heteroatoms. The highest BCUT2D eigenvalue weighted by Gasteiger charge is 2.35. The fourth-order valence-electron chi connectivity index (χ4n) is 3.28. The Hall–Kier alpha value is -3.18. The Morgan fingerprint density at radius 1 is 0.575 bits per heavy atom. The Morgan fingerprint density at radius 3 is 1.38 bits per heavy atom. The molecule has 0 spiro atoms. The van der Waals surface area contributed by atoms with Gasteiger partial charge in [0.1, 0.15) is 12.1 Å². The molecule has 0 aromatic rings. The van der Waals surface area contributed by atoms with Crippen LogP contribution in [0.5, 0.6) is 0 Å². The summed E-state index contributed by atoms with van der Waals surface area (Å²) >= 11 is 0. The summed E-state index contributed by atoms with van der Waals surface area (Å²) in [6.07, 6.45) is -3.38. The minimum atomic E-state index is -1.33. The number of amides is 3. The summed E-state index contributed by atoms with van der Waals surface area (Å²) in [5.41, 5.74) is 5.13. The predicted molar refractivity (Wildman–Crippen MR) is 147 cm³/mol. The average molecular weight is 572 g/mol. The number of hydrogen-bond acceptors (Lipinski definition) is 9. The molecule has 0 radical (unpaired) electrons. The molecule has 0 unspecified atom stereocenters. The maximum absolute atomic E-state index is 13.1. The molecule has 0 aliphatic carbocycles. The van der Waals surface area contributed by atoms with Gasteiger partial charge in [-0.05, 0) is 43.9 Å². The predicted octanol–water partition coefficient (Wildman–Crippen LogP) is 1.87. The van der Waals surface area contributed by atoms with E-state index >= 15 is 0 Å². The number of rotatable bonds is 16. The van der Waals surface area contributed by atoms with Gasteiger partial charge < -0.3 is 30.6 Å². The fourth-order valence-corrected chi connectivity index (χ4v) is 3.28. The highest BCUT2D eigenvalue weighted by atomic mass is 16.6. The van der Waals surface area contributed by atoms with Gasteiger partial charge in [0.15, 0.2) is 18.3 Å². The molecule has 4 N–H and O–H groups in total. The van der Waals surface area contributed by atoms with Crippen LogP contribution >= 0.6 is 0 Å². The lowest BCUT2D eigenvalue weighted by atomic mass is 9.98. The molecular weight excluding hydrogens is 522 g/mol. The Kier molecular flexibility index (Phi) is 15.5. The minimum Gasteiger partial charge on any atom is -0.452 e. The number of carbonyl (C=O) groups is 6. The van der Waals surface area contributed by atoms with Crippen LogP contribution in [0.3, 0.4) is 0 Å². The summed E-state index contributed by atoms with van der Waals surface area (Å²) in [5, 5.41) is 5.08. The van der Waals surface area contributed by atoms with Crippen LogP contribution in [0.4, 0.5) is 0 Å². The first-order chi connectivity index (χ1) is 18.3. The van der Waals surface area contributed by atoms with E-state index < -0.39 is 83.8 Å². The number of nitrogens with two attached hydrogens (primary N) is 1. The summed E-state index contributed by atoms with van der Waals surface area (Å²) in [7, 11) is 0. The smallest absolute Gasteiger partial charge is 0.329 e. The van der Waals surface area contributed by atoms with Crippen LogP contribution in [-0.2, 0) is 43.0 Å². The average Bonchev–Trinajstić information content (AvgIpc) is 2.83. The lowest BCUT2D eigenvalue weighted by molar-refractivity contribution is -0.164. The van der Waals surface area contributed by atoms with E-state index in [1.54, 1.807) is 34.6 Å². The van der Waals surface area contributed by atoms with E-state index in [0.717, 1.165) is 0 Å². The zero-order valence-electron chi connectivity index (χ0n) is 25.7. The van der Waals surface area contributed by atoms with Gasteiger partial charge in [-0.3, -0.25) is 19.2 Å². The Balaban J connectivity index is 5.51. The van der Waals surface area contributed by atoms with Crippen molar-refractivity contribution in [1.82, 2.24) is 10.6 Å². The van der Waals surface area contributed by atoms with Gasteiger partial charge in [0.05, 0.1) is 5.92 Å². The van der Waals surface area contributed by atoms with Crippen LogP contribution in [0.15, 0.2) is 0 Å². The second-order valence-electron chi connectivity index (χ2n) is 11.6. The van der Waals surface area contributed by atoms with Crippen LogP contribution in [0.2, 0.25) is 0 Å². The van der Waals surface area contributed by atoms with Gasteiger partial charge in [0.25, 0.3) is 17.7 Å². The highest BCUT2D eigenvalue weighted by Crippen LogP contribution is 2.17. The molecule has 0 rings (SSSR count). The Morgan fingerprint density at radius 2 is 1.00 bits per heavy atom. The van der Waals surface area contributed by atoms with Crippen molar-refractivity contribution in [3.8, 4) is 0 Å². The molecule has 0 aromatic carbocycles. The molecule has 0 fully saturated rings. The van der Waals surface area contributed by atoms with Crippen molar-refractivity contribution in [2.45, 2.75) is 113 Å². The van der Waals surface area contributed by atoms with Crippen molar-refractivity contribution >= 4 is 35.6 Å². The second kappa shape index (κ2) is 16.8. The van der Waals surface area contributed by atoms with E-state index in [0.29, 0.717) is 0 Å². The van der Waals surface area contributed by atoms with Crippen LogP contribution < -0.4 is 16.4 Å². The van der Waals surface area contributed by atoms with Crippen LogP contribution in [-0.4, -0.2) is 66.0 Å². The van der Waals surface area contributed by atoms with Crippen molar-refractivity contribution < 1.29 is 43.0 Å². The van der Waals surface area contributed by atoms with Gasteiger partial charge in [-0.2, -0.15) is 0 Å². The van der Waals surface area contributed by atoms with Gasteiger partial charge in [0.2, 0.25) is 0 Å².